The predicted molar refractivity (Wildman–Crippen MR) is 85.0 cm³/mol. The van der Waals surface area contributed by atoms with Gasteiger partial charge in [0.15, 0.2) is 5.84 Å². The van der Waals surface area contributed by atoms with Gasteiger partial charge in [0.25, 0.3) is 0 Å². The van der Waals surface area contributed by atoms with Gasteiger partial charge in [0.1, 0.15) is 0 Å². The Morgan fingerprint density at radius 2 is 2.05 bits per heavy atom. The van der Waals surface area contributed by atoms with Crippen molar-refractivity contribution in [1.82, 2.24) is 0 Å². The summed E-state index contributed by atoms with van der Waals surface area (Å²) in [5.41, 5.74) is 8.49. The van der Waals surface area contributed by atoms with Crippen molar-refractivity contribution >= 4 is 11.5 Å². The lowest BCUT2D eigenvalue weighted by atomic mass is 9.93. The predicted octanol–water partition coefficient (Wildman–Crippen LogP) is 2.22. The van der Waals surface area contributed by atoms with Gasteiger partial charge in [-0.15, -0.1) is 0 Å². The van der Waals surface area contributed by atoms with Gasteiger partial charge < -0.3 is 20.9 Å². The molecule has 0 amide bonds. The zero-order chi connectivity index (χ0) is 15.2. The van der Waals surface area contributed by atoms with Crippen molar-refractivity contribution in [2.24, 2.45) is 10.9 Å². The van der Waals surface area contributed by atoms with Crippen LogP contribution in [0.5, 0.6) is 0 Å². The standard InChI is InChI=1S/C16H25N3O2/c1-12-11-14(7-8-15(12)16(17)18-21)19(9-10-20)13-5-3-2-4-6-13/h7-8,11,13,20-21H,2-6,9-10H2,1H3,(H2,17,18). The third-order valence-corrected chi connectivity index (χ3v) is 4.28. The lowest BCUT2D eigenvalue weighted by molar-refractivity contribution is 0.290. The van der Waals surface area contributed by atoms with Crippen LogP contribution in [0.25, 0.3) is 0 Å². The molecule has 5 heteroatoms. The van der Waals surface area contributed by atoms with E-state index in [1.54, 1.807) is 0 Å². The van der Waals surface area contributed by atoms with E-state index in [2.05, 4.69) is 16.1 Å². The van der Waals surface area contributed by atoms with Crippen LogP contribution in [0.3, 0.4) is 0 Å². The number of hydrogen-bond acceptors (Lipinski definition) is 4. The van der Waals surface area contributed by atoms with Crippen molar-refractivity contribution in [3.63, 3.8) is 0 Å². The van der Waals surface area contributed by atoms with Gasteiger partial charge in [0.05, 0.1) is 6.61 Å². The Morgan fingerprint density at radius 3 is 2.62 bits per heavy atom. The van der Waals surface area contributed by atoms with Crippen LogP contribution < -0.4 is 10.6 Å². The van der Waals surface area contributed by atoms with Crippen molar-refractivity contribution in [3.8, 4) is 0 Å². The molecule has 2 rings (SSSR count). The fourth-order valence-corrected chi connectivity index (χ4v) is 3.19. The number of aryl methyl sites for hydroxylation is 1. The molecule has 21 heavy (non-hydrogen) atoms. The number of aliphatic hydroxyl groups is 1. The highest BCUT2D eigenvalue weighted by Gasteiger charge is 2.21. The molecule has 0 saturated heterocycles. The monoisotopic (exact) mass is 291 g/mol. The van der Waals surface area contributed by atoms with E-state index >= 15 is 0 Å². The summed E-state index contributed by atoms with van der Waals surface area (Å²) in [5.74, 6) is 0.130. The second kappa shape index (κ2) is 7.31. The minimum Gasteiger partial charge on any atom is -0.409 e. The van der Waals surface area contributed by atoms with E-state index in [1.807, 2.05) is 19.1 Å². The molecule has 0 aromatic heterocycles. The number of nitrogens with zero attached hydrogens (tertiary/aromatic N) is 2. The fraction of sp³-hybridized carbons (Fsp3) is 0.562. The zero-order valence-electron chi connectivity index (χ0n) is 12.6. The molecule has 1 saturated carbocycles. The number of amidine groups is 1. The van der Waals surface area contributed by atoms with Gasteiger partial charge >= 0.3 is 0 Å². The Bertz CT molecular complexity index is 496. The molecule has 0 bridgehead atoms. The first-order chi connectivity index (χ1) is 10.2. The Morgan fingerprint density at radius 1 is 1.33 bits per heavy atom. The summed E-state index contributed by atoms with van der Waals surface area (Å²) in [4.78, 5) is 2.29. The molecule has 1 aromatic carbocycles. The number of anilines is 1. The highest BCUT2D eigenvalue weighted by Crippen LogP contribution is 2.28. The highest BCUT2D eigenvalue weighted by molar-refractivity contribution is 5.98. The molecule has 0 heterocycles. The third-order valence-electron chi connectivity index (χ3n) is 4.28. The first kappa shape index (κ1) is 15.6. The minimum atomic E-state index is 0.130. The molecule has 0 radical (unpaired) electrons. The molecule has 0 spiro atoms. The normalized spacial score (nSPS) is 17.0. The lowest BCUT2D eigenvalue weighted by Gasteiger charge is -2.36. The van der Waals surface area contributed by atoms with E-state index in [-0.39, 0.29) is 12.4 Å². The molecule has 0 aliphatic heterocycles. The van der Waals surface area contributed by atoms with Crippen molar-refractivity contribution < 1.29 is 10.3 Å². The van der Waals surface area contributed by atoms with Gasteiger partial charge in [-0.25, -0.2) is 0 Å². The van der Waals surface area contributed by atoms with E-state index in [9.17, 15) is 5.11 Å². The van der Waals surface area contributed by atoms with E-state index in [1.165, 1.54) is 32.1 Å². The molecule has 116 valence electrons. The molecule has 1 aliphatic carbocycles. The quantitative estimate of drug-likeness (QED) is 0.336. The van der Waals surface area contributed by atoms with E-state index in [0.29, 0.717) is 12.6 Å². The van der Waals surface area contributed by atoms with Crippen LogP contribution in [0.2, 0.25) is 0 Å². The van der Waals surface area contributed by atoms with Crippen molar-refractivity contribution in [2.45, 2.75) is 45.1 Å². The second-order valence-electron chi connectivity index (χ2n) is 5.69. The van der Waals surface area contributed by atoms with Gasteiger partial charge in [-0.1, -0.05) is 24.4 Å². The smallest absolute Gasteiger partial charge is 0.170 e. The van der Waals surface area contributed by atoms with Gasteiger partial charge in [-0.2, -0.15) is 0 Å². The topological polar surface area (TPSA) is 82.1 Å². The number of aliphatic hydroxyl groups excluding tert-OH is 1. The lowest BCUT2D eigenvalue weighted by Crippen LogP contribution is -2.39. The summed E-state index contributed by atoms with van der Waals surface area (Å²) >= 11 is 0. The summed E-state index contributed by atoms with van der Waals surface area (Å²) in [6, 6.07) is 6.43. The fourth-order valence-electron chi connectivity index (χ4n) is 3.19. The molecule has 5 nitrogen and oxygen atoms in total. The van der Waals surface area contributed by atoms with Crippen LogP contribution in [-0.4, -0.2) is 35.3 Å². The molecule has 1 aromatic rings. The van der Waals surface area contributed by atoms with Crippen LogP contribution in [0.1, 0.15) is 43.2 Å². The SMILES string of the molecule is Cc1cc(N(CCO)C2CCCCC2)ccc1/C(N)=N/O. The summed E-state index contributed by atoms with van der Waals surface area (Å²) in [6.07, 6.45) is 6.19. The molecule has 0 atom stereocenters. The number of hydrogen-bond donors (Lipinski definition) is 3. The largest absolute Gasteiger partial charge is 0.409 e. The zero-order valence-corrected chi connectivity index (χ0v) is 12.6. The maximum absolute atomic E-state index is 9.36. The van der Waals surface area contributed by atoms with Crippen LogP contribution in [0.4, 0.5) is 5.69 Å². The average molecular weight is 291 g/mol. The summed E-state index contributed by atoms with van der Waals surface area (Å²) < 4.78 is 0. The van der Waals surface area contributed by atoms with Crippen molar-refractivity contribution in [1.29, 1.82) is 0 Å². The van der Waals surface area contributed by atoms with Crippen LogP contribution in [0, 0.1) is 6.92 Å². The molecular weight excluding hydrogens is 266 g/mol. The maximum Gasteiger partial charge on any atom is 0.170 e. The van der Waals surface area contributed by atoms with Crippen molar-refractivity contribution in [2.75, 3.05) is 18.1 Å². The maximum atomic E-state index is 9.36. The molecular formula is C16H25N3O2. The third kappa shape index (κ3) is 3.67. The van der Waals surface area contributed by atoms with Gasteiger partial charge in [-0.3, -0.25) is 0 Å². The Balaban J connectivity index is 2.25. The van der Waals surface area contributed by atoms with Gasteiger partial charge in [-0.05, 0) is 43.5 Å². The Kier molecular flexibility index (Phi) is 5.44. The van der Waals surface area contributed by atoms with E-state index < -0.39 is 0 Å². The first-order valence-corrected chi connectivity index (χ1v) is 7.63. The summed E-state index contributed by atoms with van der Waals surface area (Å²) in [6.45, 7) is 2.75. The van der Waals surface area contributed by atoms with Crippen molar-refractivity contribution in [3.05, 3.63) is 29.3 Å². The van der Waals surface area contributed by atoms with Crippen LogP contribution in [-0.2, 0) is 0 Å². The minimum absolute atomic E-state index is 0.130. The molecule has 0 unspecified atom stereocenters. The highest BCUT2D eigenvalue weighted by atomic mass is 16.4. The Hall–Kier alpha value is -1.75. The summed E-state index contributed by atoms with van der Waals surface area (Å²) in [5, 5.41) is 21.2. The number of benzene rings is 1. The van der Waals surface area contributed by atoms with Crippen LogP contribution in [0.15, 0.2) is 23.4 Å². The molecule has 1 fully saturated rings. The Labute approximate surface area is 126 Å². The summed E-state index contributed by atoms with van der Waals surface area (Å²) in [7, 11) is 0. The number of rotatable bonds is 5. The van der Waals surface area contributed by atoms with E-state index in [0.717, 1.165) is 16.8 Å². The van der Waals surface area contributed by atoms with Crippen LogP contribution >= 0.6 is 0 Å². The average Bonchev–Trinajstić information content (AvgIpc) is 2.52. The van der Waals surface area contributed by atoms with E-state index in [4.69, 9.17) is 10.9 Å². The van der Waals surface area contributed by atoms with Gasteiger partial charge in [0.2, 0.25) is 0 Å². The second-order valence-corrected chi connectivity index (χ2v) is 5.69. The molecule has 4 N–H and O–H groups in total. The number of nitrogens with two attached hydrogens (primary N) is 1. The molecule has 1 aliphatic rings. The van der Waals surface area contributed by atoms with Gasteiger partial charge in [0, 0.05) is 23.8 Å². The first-order valence-electron chi connectivity index (χ1n) is 7.63. The number of oxime groups is 1.